The Labute approximate surface area is 114 Å². The van der Waals surface area contributed by atoms with E-state index in [2.05, 4.69) is 25.8 Å². The van der Waals surface area contributed by atoms with Gasteiger partial charge >= 0.3 is 0 Å². The fraction of sp³-hybridized carbons (Fsp3) is 0.600. The molecule has 4 nitrogen and oxygen atoms in total. The van der Waals surface area contributed by atoms with Gasteiger partial charge in [0, 0.05) is 31.8 Å². The molecule has 1 amide bonds. The molecule has 19 heavy (non-hydrogen) atoms. The van der Waals surface area contributed by atoms with Gasteiger partial charge < -0.3 is 9.64 Å². The zero-order valence-electron chi connectivity index (χ0n) is 11.9. The highest BCUT2D eigenvalue weighted by atomic mass is 16.5. The van der Waals surface area contributed by atoms with E-state index in [4.69, 9.17) is 4.74 Å². The van der Waals surface area contributed by atoms with Crippen LogP contribution in [0.1, 0.15) is 33.6 Å². The van der Waals surface area contributed by atoms with Crippen molar-refractivity contribution in [2.45, 2.75) is 39.7 Å². The van der Waals surface area contributed by atoms with E-state index >= 15 is 0 Å². The molecule has 0 spiro atoms. The van der Waals surface area contributed by atoms with Crippen molar-refractivity contribution in [2.75, 3.05) is 13.1 Å². The number of likely N-dealkylation sites (tertiary alicyclic amines) is 1. The van der Waals surface area contributed by atoms with Crippen molar-refractivity contribution in [2.24, 2.45) is 5.41 Å². The lowest BCUT2D eigenvalue weighted by Crippen LogP contribution is -2.33. The van der Waals surface area contributed by atoms with Crippen molar-refractivity contribution in [3.05, 3.63) is 24.5 Å². The summed E-state index contributed by atoms with van der Waals surface area (Å²) in [5.41, 5.74) is 0.0428. The number of rotatable bonds is 3. The van der Waals surface area contributed by atoms with Crippen LogP contribution in [0, 0.1) is 5.41 Å². The van der Waals surface area contributed by atoms with Crippen molar-refractivity contribution in [1.82, 2.24) is 9.88 Å². The summed E-state index contributed by atoms with van der Waals surface area (Å²) < 4.78 is 5.85. The second kappa shape index (κ2) is 5.59. The topological polar surface area (TPSA) is 42.4 Å². The van der Waals surface area contributed by atoms with Crippen molar-refractivity contribution in [1.29, 1.82) is 0 Å². The van der Waals surface area contributed by atoms with Gasteiger partial charge in [-0.2, -0.15) is 0 Å². The summed E-state index contributed by atoms with van der Waals surface area (Å²) in [5, 5.41) is 0. The van der Waals surface area contributed by atoms with Crippen LogP contribution in [0.4, 0.5) is 0 Å². The Balaban J connectivity index is 1.85. The Morgan fingerprint density at radius 2 is 2.11 bits per heavy atom. The van der Waals surface area contributed by atoms with E-state index in [1.165, 1.54) is 0 Å². The second-order valence-electron chi connectivity index (χ2n) is 6.29. The number of nitrogens with zero attached hydrogens (tertiary/aromatic N) is 2. The van der Waals surface area contributed by atoms with Crippen LogP contribution >= 0.6 is 0 Å². The molecule has 0 aliphatic carbocycles. The molecular formula is C15H22N2O2. The number of hydrogen-bond donors (Lipinski definition) is 0. The smallest absolute Gasteiger partial charge is 0.223 e. The SMILES string of the molecule is CC(C)(C)CC(=O)N1CC[C@H](Oc2ccncc2)C1. The van der Waals surface area contributed by atoms with E-state index in [1.54, 1.807) is 12.4 Å². The zero-order chi connectivity index (χ0) is 13.9. The largest absolute Gasteiger partial charge is 0.488 e. The number of carbonyl (C=O) groups excluding carboxylic acids is 1. The van der Waals surface area contributed by atoms with Crippen molar-refractivity contribution < 1.29 is 9.53 Å². The number of pyridine rings is 1. The van der Waals surface area contributed by atoms with E-state index < -0.39 is 0 Å². The molecule has 0 bridgehead atoms. The van der Waals surface area contributed by atoms with Crippen LogP contribution in [0.15, 0.2) is 24.5 Å². The van der Waals surface area contributed by atoms with E-state index in [0.29, 0.717) is 13.0 Å². The van der Waals surface area contributed by atoms with Crippen LogP contribution in [0.25, 0.3) is 0 Å². The number of carbonyl (C=O) groups is 1. The molecule has 1 aliphatic rings. The first-order chi connectivity index (χ1) is 8.94. The first-order valence-electron chi connectivity index (χ1n) is 6.78. The fourth-order valence-corrected chi connectivity index (χ4v) is 2.23. The average molecular weight is 262 g/mol. The third-order valence-corrected chi connectivity index (χ3v) is 3.13. The average Bonchev–Trinajstić information content (AvgIpc) is 2.77. The summed E-state index contributed by atoms with van der Waals surface area (Å²) in [6.45, 7) is 7.76. The van der Waals surface area contributed by atoms with Gasteiger partial charge in [-0.3, -0.25) is 9.78 Å². The maximum Gasteiger partial charge on any atom is 0.223 e. The van der Waals surface area contributed by atoms with Crippen molar-refractivity contribution >= 4 is 5.91 Å². The monoisotopic (exact) mass is 262 g/mol. The number of aromatic nitrogens is 1. The molecular weight excluding hydrogens is 240 g/mol. The summed E-state index contributed by atoms with van der Waals surface area (Å²) in [6, 6.07) is 3.69. The molecule has 1 atom stereocenters. The Kier molecular flexibility index (Phi) is 4.08. The van der Waals surface area contributed by atoms with E-state index in [1.807, 2.05) is 17.0 Å². The van der Waals surface area contributed by atoms with Gasteiger partial charge in [0.05, 0.1) is 6.54 Å². The standard InChI is InChI=1S/C15H22N2O2/c1-15(2,3)10-14(18)17-9-6-13(11-17)19-12-4-7-16-8-5-12/h4-5,7-8,13H,6,9-11H2,1-3H3/t13-/m0/s1. The lowest BCUT2D eigenvalue weighted by Gasteiger charge is -2.23. The number of ether oxygens (including phenoxy) is 1. The fourth-order valence-electron chi connectivity index (χ4n) is 2.23. The molecule has 1 aromatic heterocycles. The van der Waals surface area contributed by atoms with Crippen LogP contribution in [-0.2, 0) is 4.79 Å². The molecule has 104 valence electrons. The lowest BCUT2D eigenvalue weighted by atomic mass is 9.92. The Morgan fingerprint density at radius 1 is 1.42 bits per heavy atom. The van der Waals surface area contributed by atoms with E-state index in [-0.39, 0.29) is 17.4 Å². The molecule has 1 aromatic rings. The summed E-state index contributed by atoms with van der Waals surface area (Å²) in [4.78, 5) is 18.0. The summed E-state index contributed by atoms with van der Waals surface area (Å²) >= 11 is 0. The van der Waals surface area contributed by atoms with Gasteiger partial charge in [0.25, 0.3) is 0 Å². The van der Waals surface area contributed by atoms with Crippen LogP contribution in [0.5, 0.6) is 5.75 Å². The summed E-state index contributed by atoms with van der Waals surface area (Å²) in [5.74, 6) is 1.05. The first kappa shape index (κ1) is 13.8. The normalized spacial score (nSPS) is 19.5. The third-order valence-electron chi connectivity index (χ3n) is 3.13. The zero-order valence-corrected chi connectivity index (χ0v) is 11.9. The molecule has 0 saturated carbocycles. The Morgan fingerprint density at radius 3 is 2.74 bits per heavy atom. The van der Waals surface area contributed by atoms with Crippen molar-refractivity contribution in [3.63, 3.8) is 0 Å². The van der Waals surface area contributed by atoms with E-state index in [0.717, 1.165) is 18.7 Å². The minimum absolute atomic E-state index is 0.0428. The molecule has 4 heteroatoms. The van der Waals surface area contributed by atoms with Gasteiger partial charge in [-0.1, -0.05) is 20.8 Å². The second-order valence-corrected chi connectivity index (χ2v) is 6.29. The molecule has 0 unspecified atom stereocenters. The van der Waals surface area contributed by atoms with Gasteiger partial charge in [-0.25, -0.2) is 0 Å². The van der Waals surface area contributed by atoms with Crippen LogP contribution < -0.4 is 4.74 Å². The highest BCUT2D eigenvalue weighted by Gasteiger charge is 2.29. The molecule has 2 rings (SSSR count). The maximum absolute atomic E-state index is 12.1. The van der Waals surface area contributed by atoms with Crippen molar-refractivity contribution in [3.8, 4) is 5.75 Å². The Hall–Kier alpha value is -1.58. The molecule has 0 radical (unpaired) electrons. The minimum Gasteiger partial charge on any atom is -0.488 e. The number of amides is 1. The lowest BCUT2D eigenvalue weighted by molar-refractivity contribution is -0.132. The highest BCUT2D eigenvalue weighted by Crippen LogP contribution is 2.23. The van der Waals surface area contributed by atoms with Crippen LogP contribution in [0.2, 0.25) is 0 Å². The van der Waals surface area contributed by atoms with Gasteiger partial charge in [-0.05, 0) is 17.5 Å². The van der Waals surface area contributed by atoms with Crippen LogP contribution in [-0.4, -0.2) is 35.0 Å². The van der Waals surface area contributed by atoms with Gasteiger partial charge in [0.2, 0.25) is 5.91 Å². The predicted molar refractivity (Wildman–Crippen MR) is 73.9 cm³/mol. The van der Waals surface area contributed by atoms with Gasteiger partial charge in [-0.15, -0.1) is 0 Å². The first-order valence-corrected chi connectivity index (χ1v) is 6.78. The molecule has 1 fully saturated rings. The minimum atomic E-state index is 0.0428. The highest BCUT2D eigenvalue weighted by molar-refractivity contribution is 5.77. The quantitative estimate of drug-likeness (QED) is 0.840. The van der Waals surface area contributed by atoms with Gasteiger partial charge in [0.1, 0.15) is 11.9 Å². The predicted octanol–water partition coefficient (Wildman–Crippen LogP) is 2.50. The maximum atomic E-state index is 12.1. The van der Waals surface area contributed by atoms with Crippen LogP contribution in [0.3, 0.4) is 0 Å². The van der Waals surface area contributed by atoms with E-state index in [9.17, 15) is 4.79 Å². The number of hydrogen-bond acceptors (Lipinski definition) is 3. The molecule has 1 aliphatic heterocycles. The third kappa shape index (κ3) is 4.23. The molecule has 1 saturated heterocycles. The van der Waals surface area contributed by atoms with Gasteiger partial charge in [0.15, 0.2) is 0 Å². The summed E-state index contributed by atoms with van der Waals surface area (Å²) in [7, 11) is 0. The molecule has 0 aromatic carbocycles. The molecule has 0 N–H and O–H groups in total. The Bertz CT molecular complexity index is 426. The summed E-state index contributed by atoms with van der Waals surface area (Å²) in [6.07, 6.45) is 5.03. The molecule has 2 heterocycles.